The van der Waals surface area contributed by atoms with Gasteiger partial charge in [-0.15, -0.1) is 0 Å². The van der Waals surface area contributed by atoms with Crippen LogP contribution in [0.3, 0.4) is 0 Å². The van der Waals surface area contributed by atoms with Gasteiger partial charge in [0.2, 0.25) is 0 Å². The molecular formula is C18H18. The molecule has 0 saturated carbocycles. The fourth-order valence-electron chi connectivity index (χ4n) is 2.80. The van der Waals surface area contributed by atoms with Crippen molar-refractivity contribution in [3.8, 4) is 11.8 Å². The van der Waals surface area contributed by atoms with Gasteiger partial charge in [0, 0.05) is 0 Å². The molecule has 18 heavy (non-hydrogen) atoms. The molecule has 0 spiro atoms. The molecule has 0 amide bonds. The Kier molecular flexibility index (Phi) is 3.07. The van der Waals surface area contributed by atoms with E-state index in [-0.39, 0.29) is 0 Å². The van der Waals surface area contributed by atoms with Crippen molar-refractivity contribution in [2.45, 2.75) is 38.5 Å². The maximum Gasteiger partial charge on any atom is 0.0648 e. The molecule has 0 heteroatoms. The summed E-state index contributed by atoms with van der Waals surface area (Å²) in [6, 6.07) is 8.62. The van der Waals surface area contributed by atoms with E-state index in [9.17, 15) is 0 Å². The topological polar surface area (TPSA) is 0 Å². The zero-order valence-corrected chi connectivity index (χ0v) is 10.9. The molecule has 0 aromatic heterocycles. The fourth-order valence-corrected chi connectivity index (χ4v) is 2.80. The fraction of sp³-hybridized carbons (Fsp3) is 0.333. The molecule has 1 aromatic rings. The van der Waals surface area contributed by atoms with E-state index in [1.54, 1.807) is 0 Å². The van der Waals surface area contributed by atoms with Crippen LogP contribution in [0.4, 0.5) is 0 Å². The monoisotopic (exact) mass is 234 g/mol. The molecule has 1 unspecified atom stereocenters. The molecule has 3 rings (SSSR count). The normalized spacial score (nSPS) is 21.5. The first-order chi connectivity index (χ1) is 8.84. The van der Waals surface area contributed by atoms with Gasteiger partial charge in [-0.3, -0.25) is 0 Å². The van der Waals surface area contributed by atoms with Gasteiger partial charge >= 0.3 is 0 Å². The van der Waals surface area contributed by atoms with Crippen molar-refractivity contribution in [2.75, 3.05) is 0 Å². The standard InChI is InChI=1S/C18H18/c1-14-13-16(18-10-6-5-9-17(14)18)12-11-15-7-3-2-4-8-15/h5-7,9-10,13,16H,2-4,8H2,1H3. The minimum absolute atomic E-state index is 0.295. The van der Waals surface area contributed by atoms with Crippen molar-refractivity contribution in [2.24, 2.45) is 0 Å². The van der Waals surface area contributed by atoms with Crippen LogP contribution in [0.25, 0.3) is 5.57 Å². The molecule has 0 bridgehead atoms. The molecule has 2 aliphatic rings. The molecule has 0 heterocycles. The SMILES string of the molecule is CC1=CC(C#CC2=CCCCC2)c2ccccc21. The van der Waals surface area contributed by atoms with Crippen LogP contribution in [0.5, 0.6) is 0 Å². The number of benzene rings is 1. The van der Waals surface area contributed by atoms with Crippen LogP contribution in [0.1, 0.15) is 49.7 Å². The zero-order chi connectivity index (χ0) is 12.4. The second-order valence-corrected chi connectivity index (χ2v) is 5.16. The Balaban J connectivity index is 1.87. The maximum atomic E-state index is 3.44. The maximum absolute atomic E-state index is 3.44. The van der Waals surface area contributed by atoms with E-state index in [1.165, 1.54) is 48.0 Å². The summed E-state index contributed by atoms with van der Waals surface area (Å²) in [6.07, 6.45) is 9.62. The lowest BCUT2D eigenvalue weighted by molar-refractivity contribution is 0.715. The number of hydrogen-bond donors (Lipinski definition) is 0. The molecule has 0 fully saturated rings. The van der Waals surface area contributed by atoms with E-state index < -0.39 is 0 Å². The van der Waals surface area contributed by atoms with Crippen molar-refractivity contribution < 1.29 is 0 Å². The summed E-state index contributed by atoms with van der Waals surface area (Å²) in [7, 11) is 0. The van der Waals surface area contributed by atoms with Crippen molar-refractivity contribution >= 4 is 5.57 Å². The smallest absolute Gasteiger partial charge is 0.0648 e. The third-order valence-electron chi connectivity index (χ3n) is 3.82. The summed E-state index contributed by atoms with van der Waals surface area (Å²) >= 11 is 0. The summed E-state index contributed by atoms with van der Waals surface area (Å²) < 4.78 is 0. The van der Waals surface area contributed by atoms with Gasteiger partial charge in [0.25, 0.3) is 0 Å². The summed E-state index contributed by atoms with van der Waals surface area (Å²) in [5.41, 5.74) is 5.45. The largest absolute Gasteiger partial charge is 0.0858 e. The van der Waals surface area contributed by atoms with E-state index in [4.69, 9.17) is 0 Å². The Hall–Kier alpha value is -1.74. The van der Waals surface area contributed by atoms with Crippen LogP contribution in [0.15, 0.2) is 42.0 Å². The first-order valence-corrected chi connectivity index (χ1v) is 6.83. The minimum Gasteiger partial charge on any atom is -0.0858 e. The molecule has 0 radical (unpaired) electrons. The van der Waals surface area contributed by atoms with E-state index in [2.05, 4.69) is 55.2 Å². The lowest BCUT2D eigenvalue weighted by Crippen LogP contribution is -1.92. The molecule has 0 nitrogen and oxygen atoms in total. The first kappa shape index (κ1) is 11.4. The number of rotatable bonds is 0. The highest BCUT2D eigenvalue weighted by atomic mass is 14.2. The average molecular weight is 234 g/mol. The van der Waals surface area contributed by atoms with Crippen molar-refractivity contribution in [1.29, 1.82) is 0 Å². The van der Waals surface area contributed by atoms with Crippen molar-refractivity contribution in [1.82, 2.24) is 0 Å². The van der Waals surface area contributed by atoms with Gasteiger partial charge in [-0.25, -0.2) is 0 Å². The lowest BCUT2D eigenvalue weighted by Gasteiger charge is -2.07. The molecule has 0 saturated heterocycles. The second kappa shape index (κ2) is 4.86. The Morgan fingerprint density at radius 3 is 2.89 bits per heavy atom. The predicted octanol–water partition coefficient (Wildman–Crippen LogP) is 4.69. The van der Waals surface area contributed by atoms with Crippen LogP contribution in [-0.4, -0.2) is 0 Å². The van der Waals surface area contributed by atoms with Crippen LogP contribution in [0.2, 0.25) is 0 Å². The van der Waals surface area contributed by atoms with Gasteiger partial charge in [0.05, 0.1) is 5.92 Å². The third kappa shape index (κ3) is 2.14. The van der Waals surface area contributed by atoms with Gasteiger partial charge in [-0.2, -0.15) is 0 Å². The quantitative estimate of drug-likeness (QED) is 0.571. The summed E-state index contributed by atoms with van der Waals surface area (Å²) in [5, 5.41) is 0. The molecule has 0 N–H and O–H groups in total. The Morgan fingerprint density at radius 2 is 2.06 bits per heavy atom. The molecule has 2 aliphatic carbocycles. The van der Waals surface area contributed by atoms with Gasteiger partial charge in [-0.1, -0.05) is 48.3 Å². The van der Waals surface area contributed by atoms with E-state index in [0.29, 0.717) is 5.92 Å². The summed E-state index contributed by atoms with van der Waals surface area (Å²) in [4.78, 5) is 0. The second-order valence-electron chi connectivity index (χ2n) is 5.16. The molecular weight excluding hydrogens is 216 g/mol. The highest BCUT2D eigenvalue weighted by molar-refractivity contribution is 5.75. The van der Waals surface area contributed by atoms with Crippen LogP contribution >= 0.6 is 0 Å². The number of hydrogen-bond acceptors (Lipinski definition) is 0. The summed E-state index contributed by atoms with van der Waals surface area (Å²) in [5.74, 6) is 7.13. The van der Waals surface area contributed by atoms with Gasteiger partial charge in [0.15, 0.2) is 0 Å². The summed E-state index contributed by atoms with van der Waals surface area (Å²) in [6.45, 7) is 2.18. The van der Waals surface area contributed by atoms with E-state index >= 15 is 0 Å². The highest BCUT2D eigenvalue weighted by Gasteiger charge is 2.18. The molecule has 1 aromatic carbocycles. The van der Waals surface area contributed by atoms with Gasteiger partial charge in [0.1, 0.15) is 0 Å². The van der Waals surface area contributed by atoms with E-state index in [0.717, 1.165) is 0 Å². The molecule has 90 valence electrons. The predicted molar refractivity (Wildman–Crippen MR) is 77.2 cm³/mol. The van der Waals surface area contributed by atoms with E-state index in [1.807, 2.05) is 0 Å². The average Bonchev–Trinajstić information content (AvgIpc) is 2.75. The molecule has 1 atom stereocenters. The van der Waals surface area contributed by atoms with Crippen LogP contribution in [-0.2, 0) is 0 Å². The van der Waals surface area contributed by atoms with Crippen LogP contribution < -0.4 is 0 Å². The van der Waals surface area contributed by atoms with Crippen LogP contribution in [0, 0.1) is 11.8 Å². The highest BCUT2D eigenvalue weighted by Crippen LogP contribution is 2.35. The third-order valence-corrected chi connectivity index (χ3v) is 3.82. The zero-order valence-electron chi connectivity index (χ0n) is 10.9. The minimum atomic E-state index is 0.295. The van der Waals surface area contributed by atoms with Crippen molar-refractivity contribution in [3.63, 3.8) is 0 Å². The van der Waals surface area contributed by atoms with Gasteiger partial charge < -0.3 is 0 Å². The Bertz CT molecular complexity index is 576. The Morgan fingerprint density at radius 1 is 1.17 bits per heavy atom. The molecule has 0 aliphatic heterocycles. The number of allylic oxidation sites excluding steroid dienone is 4. The lowest BCUT2D eigenvalue weighted by atomic mass is 9.97. The first-order valence-electron chi connectivity index (χ1n) is 6.83. The van der Waals surface area contributed by atoms with Crippen molar-refractivity contribution in [3.05, 3.63) is 53.1 Å². The van der Waals surface area contributed by atoms with Gasteiger partial charge in [-0.05, 0) is 54.9 Å². The number of fused-ring (bicyclic) bond motifs is 1. The Labute approximate surface area is 109 Å².